The molecular weight excluding hydrogens is 306 g/mol. The summed E-state index contributed by atoms with van der Waals surface area (Å²) in [4.78, 5) is 0.733. The highest BCUT2D eigenvalue weighted by Gasteiger charge is 2.18. The van der Waals surface area contributed by atoms with E-state index in [4.69, 9.17) is 5.73 Å². The lowest BCUT2D eigenvalue weighted by molar-refractivity contribution is 0.596. The molecule has 0 radical (unpaired) electrons. The van der Waals surface area contributed by atoms with Crippen LogP contribution in [0.3, 0.4) is 0 Å². The van der Waals surface area contributed by atoms with Crippen LogP contribution in [0.2, 0.25) is 0 Å². The van der Waals surface area contributed by atoms with Crippen molar-refractivity contribution < 1.29 is 8.42 Å². The molecule has 4 aliphatic heterocycles. The lowest BCUT2D eigenvalue weighted by atomic mass is 10.1. The van der Waals surface area contributed by atoms with Crippen molar-refractivity contribution in [2.24, 2.45) is 0 Å². The fourth-order valence-corrected chi connectivity index (χ4v) is 3.66. The predicted molar refractivity (Wildman–Crippen MR) is 92.0 cm³/mol. The number of hydrogen-bond donors (Lipinski definition) is 1. The molecule has 0 aromatic heterocycles. The van der Waals surface area contributed by atoms with Gasteiger partial charge >= 0.3 is 0 Å². The van der Waals surface area contributed by atoms with Gasteiger partial charge in [-0.3, -0.25) is 0 Å². The third-order valence-electron chi connectivity index (χ3n) is 3.68. The van der Waals surface area contributed by atoms with Crippen molar-refractivity contribution in [2.75, 3.05) is 5.73 Å². The van der Waals surface area contributed by atoms with Gasteiger partial charge in [0, 0.05) is 5.69 Å². The van der Waals surface area contributed by atoms with Crippen molar-refractivity contribution in [2.45, 2.75) is 16.2 Å². The fraction of sp³-hybridized carbons (Fsp3) is 0.0526. The molecule has 0 spiro atoms. The van der Waals surface area contributed by atoms with E-state index < -0.39 is 9.84 Å². The maximum atomic E-state index is 12.2. The molecule has 0 saturated heterocycles. The number of hydrogen-bond acceptors (Lipinski definition) is 3. The Morgan fingerprint density at radius 1 is 0.652 bits per heavy atom. The van der Waals surface area contributed by atoms with Gasteiger partial charge in [-0.05, 0) is 53.9 Å². The van der Waals surface area contributed by atoms with Gasteiger partial charge in [0.15, 0.2) is 0 Å². The monoisotopic (exact) mass is 323 g/mol. The number of nitrogens with two attached hydrogens (primary N) is 1. The summed E-state index contributed by atoms with van der Waals surface area (Å²) in [5, 5.41) is 0. The van der Waals surface area contributed by atoms with Crippen LogP contribution < -0.4 is 5.73 Å². The van der Waals surface area contributed by atoms with E-state index in [0.29, 0.717) is 9.79 Å². The van der Waals surface area contributed by atoms with Gasteiger partial charge in [-0.15, -0.1) is 0 Å². The van der Waals surface area contributed by atoms with Crippen molar-refractivity contribution in [3.8, 4) is 0 Å². The summed E-state index contributed by atoms with van der Waals surface area (Å²) in [5.74, 6) is 0. The minimum atomic E-state index is -3.33. The SMILES string of the molecule is Nc1ccccc1.O=S1(=O)c2ccc(cc2)Cc2ccc1cc2. The summed E-state index contributed by atoms with van der Waals surface area (Å²) in [6.07, 6.45) is 0.848. The maximum Gasteiger partial charge on any atom is 0.206 e. The van der Waals surface area contributed by atoms with E-state index in [-0.39, 0.29) is 0 Å². The Kier molecular flexibility index (Phi) is 4.17. The Morgan fingerprint density at radius 2 is 1.09 bits per heavy atom. The van der Waals surface area contributed by atoms with Crippen LogP contribution in [0, 0.1) is 0 Å². The minimum Gasteiger partial charge on any atom is -0.399 e. The van der Waals surface area contributed by atoms with Crippen LogP contribution in [0.15, 0.2) is 88.7 Å². The van der Waals surface area contributed by atoms with Gasteiger partial charge in [-0.25, -0.2) is 8.42 Å². The highest BCUT2D eigenvalue weighted by molar-refractivity contribution is 7.91. The average molecular weight is 323 g/mol. The molecule has 116 valence electrons. The molecule has 4 bridgehead atoms. The van der Waals surface area contributed by atoms with Gasteiger partial charge < -0.3 is 5.73 Å². The zero-order valence-corrected chi connectivity index (χ0v) is 13.3. The van der Waals surface area contributed by atoms with Crippen molar-refractivity contribution >= 4 is 15.5 Å². The van der Waals surface area contributed by atoms with Gasteiger partial charge in [0.2, 0.25) is 9.84 Å². The smallest absolute Gasteiger partial charge is 0.206 e. The average Bonchev–Trinajstić information content (AvgIpc) is 2.57. The zero-order chi connectivity index (χ0) is 16.3. The van der Waals surface area contributed by atoms with Gasteiger partial charge in [-0.2, -0.15) is 0 Å². The van der Waals surface area contributed by atoms with E-state index in [2.05, 4.69) is 0 Å². The molecule has 0 atom stereocenters. The lowest BCUT2D eigenvalue weighted by Gasteiger charge is -2.10. The van der Waals surface area contributed by atoms with Gasteiger partial charge in [0.05, 0.1) is 9.79 Å². The summed E-state index contributed by atoms with van der Waals surface area (Å²) in [5.41, 5.74) is 8.45. The van der Waals surface area contributed by atoms with Crippen LogP contribution in [-0.4, -0.2) is 8.42 Å². The highest BCUT2D eigenvalue weighted by Crippen LogP contribution is 2.24. The number of rotatable bonds is 0. The Labute approximate surface area is 136 Å². The Morgan fingerprint density at radius 3 is 1.43 bits per heavy atom. The van der Waals surface area contributed by atoms with Crippen molar-refractivity contribution in [3.63, 3.8) is 0 Å². The first-order chi connectivity index (χ1) is 11.1. The molecular formula is C19H17NO2S. The summed E-state index contributed by atoms with van der Waals surface area (Å²) in [6, 6.07) is 23.7. The molecule has 3 aromatic carbocycles. The zero-order valence-electron chi connectivity index (χ0n) is 12.5. The number of para-hydroxylation sites is 1. The molecule has 4 aliphatic rings. The molecule has 4 heterocycles. The Hall–Kier alpha value is -2.59. The topological polar surface area (TPSA) is 60.2 Å². The molecule has 0 fully saturated rings. The van der Waals surface area contributed by atoms with Gasteiger partial charge in [0.25, 0.3) is 0 Å². The summed E-state index contributed by atoms with van der Waals surface area (Å²) in [7, 11) is -3.33. The molecule has 2 N–H and O–H groups in total. The second kappa shape index (κ2) is 6.26. The van der Waals surface area contributed by atoms with Crippen LogP contribution in [-0.2, 0) is 16.3 Å². The first kappa shape index (κ1) is 15.3. The van der Waals surface area contributed by atoms with Crippen molar-refractivity contribution in [1.82, 2.24) is 0 Å². The molecule has 7 rings (SSSR count). The summed E-state index contributed by atoms with van der Waals surface area (Å²) < 4.78 is 24.3. The first-order valence-electron chi connectivity index (χ1n) is 7.29. The molecule has 3 aromatic rings. The third kappa shape index (κ3) is 3.43. The Bertz CT molecular complexity index is 833. The molecule has 3 nitrogen and oxygen atoms in total. The molecule has 23 heavy (non-hydrogen) atoms. The van der Waals surface area contributed by atoms with Crippen LogP contribution in [0.5, 0.6) is 0 Å². The standard InChI is InChI=1S/C13H10O2S.C6H7N/c14-16(15)12-5-1-10(2-6-12)9-11-3-7-13(16)8-4-11;7-6-4-2-1-3-5-6/h1-8H,9H2;1-5H,7H2. The number of nitrogen functional groups attached to an aromatic ring is 1. The highest BCUT2D eigenvalue weighted by atomic mass is 32.2. The Balaban J connectivity index is 0.000000188. The molecule has 0 saturated carbocycles. The van der Waals surface area contributed by atoms with Crippen LogP contribution in [0.25, 0.3) is 0 Å². The van der Waals surface area contributed by atoms with E-state index in [1.54, 1.807) is 24.3 Å². The second-order valence-electron chi connectivity index (χ2n) is 5.38. The van der Waals surface area contributed by atoms with Crippen LogP contribution in [0.4, 0.5) is 5.69 Å². The fourth-order valence-electron chi connectivity index (χ4n) is 2.40. The normalized spacial score (nSPS) is 13.9. The molecule has 0 unspecified atom stereocenters. The van der Waals surface area contributed by atoms with E-state index in [9.17, 15) is 8.42 Å². The second-order valence-corrected chi connectivity index (χ2v) is 7.33. The third-order valence-corrected chi connectivity index (χ3v) is 5.46. The summed E-state index contributed by atoms with van der Waals surface area (Å²) in [6.45, 7) is 0. The minimum absolute atomic E-state index is 0.367. The van der Waals surface area contributed by atoms with E-state index in [0.717, 1.165) is 23.2 Å². The van der Waals surface area contributed by atoms with Crippen molar-refractivity contribution in [3.05, 3.63) is 90.0 Å². The molecule has 0 amide bonds. The van der Waals surface area contributed by atoms with Gasteiger partial charge in [0.1, 0.15) is 0 Å². The van der Waals surface area contributed by atoms with Crippen molar-refractivity contribution in [1.29, 1.82) is 0 Å². The van der Waals surface area contributed by atoms with Crippen LogP contribution in [0.1, 0.15) is 11.1 Å². The van der Waals surface area contributed by atoms with E-state index in [1.165, 1.54) is 0 Å². The summed E-state index contributed by atoms with van der Waals surface area (Å²) >= 11 is 0. The van der Waals surface area contributed by atoms with E-state index in [1.807, 2.05) is 54.6 Å². The quantitative estimate of drug-likeness (QED) is 0.502. The first-order valence-corrected chi connectivity index (χ1v) is 8.77. The largest absolute Gasteiger partial charge is 0.399 e. The number of benzene rings is 3. The van der Waals surface area contributed by atoms with Crippen LogP contribution >= 0.6 is 0 Å². The maximum absolute atomic E-state index is 12.2. The van der Waals surface area contributed by atoms with E-state index >= 15 is 0 Å². The predicted octanol–water partition coefficient (Wildman–Crippen LogP) is 3.69. The van der Waals surface area contributed by atoms with Gasteiger partial charge in [-0.1, -0.05) is 42.5 Å². The number of sulfone groups is 1. The number of anilines is 1. The molecule has 0 aliphatic carbocycles. The molecule has 4 heteroatoms. The lowest BCUT2D eigenvalue weighted by Crippen LogP contribution is -2.04.